The molecule has 0 spiro atoms. The summed E-state index contributed by atoms with van der Waals surface area (Å²) in [4.78, 5) is 0. The number of hydrogen-bond acceptors (Lipinski definition) is 2. The van der Waals surface area contributed by atoms with Crippen molar-refractivity contribution < 1.29 is 5.11 Å². The van der Waals surface area contributed by atoms with E-state index in [0.717, 1.165) is 5.56 Å². The fraction of sp³-hybridized carbons (Fsp3) is 0.571. The van der Waals surface area contributed by atoms with Gasteiger partial charge >= 0.3 is 0 Å². The van der Waals surface area contributed by atoms with E-state index in [1.165, 1.54) is 4.68 Å². The highest BCUT2D eigenvalue weighted by Crippen LogP contribution is 2.23. The minimum absolute atomic E-state index is 0.273. The van der Waals surface area contributed by atoms with Crippen molar-refractivity contribution >= 4 is 0 Å². The summed E-state index contributed by atoms with van der Waals surface area (Å²) in [5, 5.41) is 13.2. The summed E-state index contributed by atoms with van der Waals surface area (Å²) < 4.78 is 1.47. The summed E-state index contributed by atoms with van der Waals surface area (Å²) in [5.41, 5.74) is 0.905. The van der Waals surface area contributed by atoms with Crippen molar-refractivity contribution in [1.82, 2.24) is 9.78 Å². The highest BCUT2D eigenvalue weighted by Gasteiger charge is 2.08. The van der Waals surface area contributed by atoms with Crippen molar-refractivity contribution in [3.63, 3.8) is 0 Å². The Morgan fingerprint density at radius 1 is 1.60 bits per heavy atom. The van der Waals surface area contributed by atoms with E-state index < -0.39 is 0 Å². The maximum atomic E-state index is 9.31. The zero-order valence-corrected chi connectivity index (χ0v) is 6.50. The van der Waals surface area contributed by atoms with Crippen molar-refractivity contribution in [3.8, 4) is 5.88 Å². The molecule has 56 valence electrons. The van der Waals surface area contributed by atoms with Gasteiger partial charge in [-0.2, -0.15) is 5.10 Å². The molecule has 0 aliphatic rings. The summed E-state index contributed by atoms with van der Waals surface area (Å²) >= 11 is 0. The summed E-state index contributed by atoms with van der Waals surface area (Å²) in [6.07, 6.45) is 1.69. The zero-order chi connectivity index (χ0) is 7.72. The molecule has 10 heavy (non-hydrogen) atoms. The maximum Gasteiger partial charge on any atom is 0.212 e. The lowest BCUT2D eigenvalue weighted by molar-refractivity contribution is 0.412. The Kier molecular flexibility index (Phi) is 1.66. The molecule has 3 nitrogen and oxygen atoms in total. The van der Waals surface area contributed by atoms with Crippen LogP contribution in [0.15, 0.2) is 6.20 Å². The molecule has 0 radical (unpaired) electrons. The van der Waals surface area contributed by atoms with Crippen molar-refractivity contribution in [2.24, 2.45) is 7.05 Å². The van der Waals surface area contributed by atoms with Crippen LogP contribution in [-0.4, -0.2) is 14.9 Å². The highest BCUT2D eigenvalue weighted by molar-refractivity contribution is 5.25. The summed E-state index contributed by atoms with van der Waals surface area (Å²) in [5.74, 6) is 0.615. The Morgan fingerprint density at radius 2 is 2.20 bits per heavy atom. The molecule has 0 atom stereocenters. The van der Waals surface area contributed by atoms with Crippen LogP contribution in [0, 0.1) is 0 Å². The average molecular weight is 140 g/mol. The monoisotopic (exact) mass is 140 g/mol. The Morgan fingerprint density at radius 3 is 2.40 bits per heavy atom. The lowest BCUT2D eigenvalue weighted by Gasteiger charge is -2.00. The fourth-order valence-corrected chi connectivity index (χ4v) is 0.855. The lowest BCUT2D eigenvalue weighted by Crippen LogP contribution is -1.89. The quantitative estimate of drug-likeness (QED) is 0.637. The van der Waals surface area contributed by atoms with Crippen LogP contribution in [0.3, 0.4) is 0 Å². The van der Waals surface area contributed by atoms with Crippen molar-refractivity contribution in [2.75, 3.05) is 0 Å². The first-order valence-corrected chi connectivity index (χ1v) is 3.33. The van der Waals surface area contributed by atoms with Crippen LogP contribution >= 0.6 is 0 Å². The topological polar surface area (TPSA) is 38.0 Å². The number of aromatic hydroxyl groups is 1. The molecule has 1 rings (SSSR count). The van der Waals surface area contributed by atoms with Gasteiger partial charge in [0.05, 0.1) is 6.20 Å². The third kappa shape index (κ3) is 0.988. The molecule has 0 unspecified atom stereocenters. The van der Waals surface area contributed by atoms with Gasteiger partial charge in [0.2, 0.25) is 5.88 Å². The first kappa shape index (κ1) is 7.12. The third-order valence-corrected chi connectivity index (χ3v) is 1.56. The van der Waals surface area contributed by atoms with Crippen LogP contribution in [0.25, 0.3) is 0 Å². The number of nitrogens with zero attached hydrogens (tertiary/aromatic N) is 2. The van der Waals surface area contributed by atoms with Crippen LogP contribution in [0.2, 0.25) is 0 Å². The molecule has 1 aromatic heterocycles. The van der Waals surface area contributed by atoms with Crippen LogP contribution in [0.4, 0.5) is 0 Å². The van der Waals surface area contributed by atoms with Gasteiger partial charge in [-0.25, -0.2) is 4.68 Å². The van der Waals surface area contributed by atoms with Crippen molar-refractivity contribution in [2.45, 2.75) is 19.8 Å². The molecular formula is C7H12N2O. The number of aromatic nitrogens is 2. The van der Waals surface area contributed by atoms with E-state index in [1.54, 1.807) is 13.2 Å². The van der Waals surface area contributed by atoms with Gasteiger partial charge in [-0.1, -0.05) is 13.8 Å². The smallest absolute Gasteiger partial charge is 0.212 e. The first-order valence-electron chi connectivity index (χ1n) is 3.33. The van der Waals surface area contributed by atoms with Crippen molar-refractivity contribution in [1.29, 1.82) is 0 Å². The van der Waals surface area contributed by atoms with E-state index in [0.29, 0.717) is 5.92 Å². The number of rotatable bonds is 1. The van der Waals surface area contributed by atoms with Gasteiger partial charge in [0.1, 0.15) is 0 Å². The van der Waals surface area contributed by atoms with Crippen LogP contribution in [0.5, 0.6) is 5.88 Å². The molecule has 0 aliphatic carbocycles. The molecule has 0 saturated heterocycles. The summed E-state index contributed by atoms with van der Waals surface area (Å²) in [6, 6.07) is 0. The highest BCUT2D eigenvalue weighted by atomic mass is 16.3. The molecule has 0 saturated carbocycles. The van der Waals surface area contributed by atoms with Crippen LogP contribution in [-0.2, 0) is 7.05 Å². The fourth-order valence-electron chi connectivity index (χ4n) is 0.855. The molecule has 3 heteroatoms. The van der Waals surface area contributed by atoms with Crippen molar-refractivity contribution in [3.05, 3.63) is 11.8 Å². The van der Waals surface area contributed by atoms with Gasteiger partial charge in [-0.3, -0.25) is 0 Å². The largest absolute Gasteiger partial charge is 0.493 e. The Balaban J connectivity index is 3.05. The minimum Gasteiger partial charge on any atom is -0.493 e. The maximum absolute atomic E-state index is 9.31. The molecule has 0 amide bonds. The normalized spacial score (nSPS) is 10.8. The van der Waals surface area contributed by atoms with Gasteiger partial charge in [-0.05, 0) is 5.92 Å². The first-order chi connectivity index (χ1) is 4.63. The van der Waals surface area contributed by atoms with Gasteiger partial charge in [0, 0.05) is 12.6 Å². The Hall–Kier alpha value is -0.990. The second-order valence-electron chi connectivity index (χ2n) is 2.70. The Bertz CT molecular complexity index is 228. The zero-order valence-electron chi connectivity index (χ0n) is 6.50. The van der Waals surface area contributed by atoms with Gasteiger partial charge < -0.3 is 5.11 Å². The predicted molar refractivity (Wildman–Crippen MR) is 39.0 cm³/mol. The molecule has 1 aromatic rings. The molecule has 1 N–H and O–H groups in total. The predicted octanol–water partition coefficient (Wildman–Crippen LogP) is 1.25. The SMILES string of the molecule is CC(C)c1cnn(C)c1O. The van der Waals surface area contributed by atoms with Gasteiger partial charge in [0.25, 0.3) is 0 Å². The number of aryl methyl sites for hydroxylation is 1. The van der Waals surface area contributed by atoms with Gasteiger partial charge in [0.15, 0.2) is 0 Å². The molecule has 1 heterocycles. The van der Waals surface area contributed by atoms with Gasteiger partial charge in [-0.15, -0.1) is 0 Å². The van der Waals surface area contributed by atoms with E-state index in [9.17, 15) is 5.11 Å². The molecular weight excluding hydrogens is 128 g/mol. The van der Waals surface area contributed by atoms with E-state index >= 15 is 0 Å². The second-order valence-corrected chi connectivity index (χ2v) is 2.70. The van der Waals surface area contributed by atoms with E-state index in [2.05, 4.69) is 5.10 Å². The van der Waals surface area contributed by atoms with E-state index in [4.69, 9.17) is 0 Å². The summed E-state index contributed by atoms with van der Waals surface area (Å²) in [6.45, 7) is 4.05. The molecule has 0 aromatic carbocycles. The van der Waals surface area contributed by atoms with Crippen LogP contribution < -0.4 is 0 Å². The van der Waals surface area contributed by atoms with E-state index in [-0.39, 0.29) is 5.88 Å². The minimum atomic E-state index is 0.273. The molecule has 0 bridgehead atoms. The molecule has 0 fully saturated rings. The van der Waals surface area contributed by atoms with Crippen LogP contribution in [0.1, 0.15) is 25.3 Å². The standard InChI is InChI=1S/C7H12N2O/c1-5(2)6-4-8-9(3)7(6)10/h4-5,10H,1-3H3. The Labute approximate surface area is 60.3 Å². The van der Waals surface area contributed by atoms with E-state index in [1.807, 2.05) is 13.8 Å². The lowest BCUT2D eigenvalue weighted by atomic mass is 10.1. The third-order valence-electron chi connectivity index (χ3n) is 1.56. The average Bonchev–Trinajstić information content (AvgIpc) is 2.14. The molecule has 0 aliphatic heterocycles. The second kappa shape index (κ2) is 2.33. The number of hydrogen-bond donors (Lipinski definition) is 1. The summed E-state index contributed by atoms with van der Waals surface area (Å²) in [7, 11) is 1.72.